The van der Waals surface area contributed by atoms with E-state index in [1.807, 2.05) is 13.0 Å². The highest BCUT2D eigenvalue weighted by Crippen LogP contribution is 2.22. The van der Waals surface area contributed by atoms with Crippen LogP contribution in [0.5, 0.6) is 0 Å². The average Bonchev–Trinajstić information content (AvgIpc) is 2.49. The minimum Gasteiger partial charge on any atom is -0.310 e. The van der Waals surface area contributed by atoms with E-state index >= 15 is 0 Å². The summed E-state index contributed by atoms with van der Waals surface area (Å²) < 4.78 is 39.9. The molecule has 0 fully saturated rings. The molecule has 2 nitrogen and oxygen atoms in total. The van der Waals surface area contributed by atoms with Crippen molar-refractivity contribution in [1.29, 1.82) is 0 Å². The number of aromatic nitrogens is 1. The number of hydrogen-bond acceptors (Lipinski definition) is 2. The molecule has 0 bridgehead atoms. The summed E-state index contributed by atoms with van der Waals surface area (Å²) in [5.41, 5.74) is 1.33. The van der Waals surface area contributed by atoms with Gasteiger partial charge < -0.3 is 5.32 Å². The smallest absolute Gasteiger partial charge is 0.194 e. The normalized spacial score (nSPS) is 12.4. The van der Waals surface area contributed by atoms with Gasteiger partial charge >= 0.3 is 0 Å². The van der Waals surface area contributed by atoms with Crippen molar-refractivity contribution in [2.24, 2.45) is 0 Å². The zero-order valence-electron chi connectivity index (χ0n) is 11.7. The molecule has 2 aromatic rings. The van der Waals surface area contributed by atoms with E-state index in [0.29, 0.717) is 18.5 Å². The second-order valence-corrected chi connectivity index (χ2v) is 4.87. The first-order valence-electron chi connectivity index (χ1n) is 6.88. The predicted molar refractivity (Wildman–Crippen MR) is 75.3 cm³/mol. The molecule has 2 rings (SSSR count). The summed E-state index contributed by atoms with van der Waals surface area (Å²) in [7, 11) is 0. The van der Waals surface area contributed by atoms with Crippen molar-refractivity contribution in [2.75, 3.05) is 6.54 Å². The molecular weight excluding hydrogens is 277 g/mol. The predicted octanol–water partition coefficient (Wildman–Crippen LogP) is 3.78. The Morgan fingerprint density at radius 2 is 1.90 bits per heavy atom. The van der Waals surface area contributed by atoms with Gasteiger partial charge in [-0.25, -0.2) is 13.2 Å². The van der Waals surface area contributed by atoms with Crippen LogP contribution >= 0.6 is 0 Å². The van der Waals surface area contributed by atoms with Crippen LogP contribution in [0.1, 0.15) is 30.5 Å². The molecule has 0 aliphatic carbocycles. The van der Waals surface area contributed by atoms with Gasteiger partial charge in [-0.1, -0.05) is 13.0 Å². The zero-order chi connectivity index (χ0) is 15.2. The van der Waals surface area contributed by atoms with Gasteiger partial charge in [0.1, 0.15) is 0 Å². The molecule has 21 heavy (non-hydrogen) atoms. The van der Waals surface area contributed by atoms with E-state index in [4.69, 9.17) is 0 Å². The van der Waals surface area contributed by atoms with Crippen molar-refractivity contribution < 1.29 is 13.2 Å². The molecular formula is C16H17F3N2. The van der Waals surface area contributed by atoms with E-state index in [1.165, 1.54) is 0 Å². The summed E-state index contributed by atoms with van der Waals surface area (Å²) >= 11 is 0. The molecule has 0 aliphatic rings. The van der Waals surface area contributed by atoms with Gasteiger partial charge in [0.2, 0.25) is 0 Å². The van der Waals surface area contributed by atoms with Crippen LogP contribution in [0, 0.1) is 17.5 Å². The van der Waals surface area contributed by atoms with Crippen molar-refractivity contribution in [3.05, 3.63) is 65.2 Å². The third-order valence-corrected chi connectivity index (χ3v) is 3.21. The molecule has 0 amide bonds. The quantitative estimate of drug-likeness (QED) is 0.820. The van der Waals surface area contributed by atoms with Crippen LogP contribution in [-0.4, -0.2) is 11.5 Å². The number of pyridine rings is 1. The van der Waals surface area contributed by atoms with Gasteiger partial charge in [-0.15, -0.1) is 0 Å². The Hall–Kier alpha value is -1.88. The van der Waals surface area contributed by atoms with Gasteiger partial charge in [0, 0.05) is 18.4 Å². The van der Waals surface area contributed by atoms with E-state index in [-0.39, 0.29) is 6.04 Å². The fourth-order valence-electron chi connectivity index (χ4n) is 2.16. The summed E-state index contributed by atoms with van der Waals surface area (Å²) in [6.45, 7) is 2.70. The second-order valence-electron chi connectivity index (χ2n) is 4.87. The molecule has 0 aliphatic heterocycles. The topological polar surface area (TPSA) is 24.9 Å². The largest absolute Gasteiger partial charge is 0.310 e. The zero-order valence-corrected chi connectivity index (χ0v) is 11.7. The van der Waals surface area contributed by atoms with Gasteiger partial charge in [-0.2, -0.15) is 0 Å². The molecule has 1 heterocycles. The third kappa shape index (κ3) is 4.04. The van der Waals surface area contributed by atoms with Crippen LogP contribution in [0.25, 0.3) is 0 Å². The van der Waals surface area contributed by atoms with Gasteiger partial charge in [-0.3, -0.25) is 4.98 Å². The van der Waals surface area contributed by atoms with Gasteiger partial charge in [0.25, 0.3) is 0 Å². The summed E-state index contributed by atoms with van der Waals surface area (Å²) in [5.74, 6) is -3.77. The van der Waals surface area contributed by atoms with E-state index in [9.17, 15) is 13.2 Å². The standard InChI is InChI=1S/C16H17F3N2/c1-2-5-21-15(7-11-4-3-6-20-10-11)12-8-13(17)16(19)14(18)9-12/h3-4,6,8-10,15,21H,2,5,7H2,1H3. The number of hydrogen-bond donors (Lipinski definition) is 1. The molecule has 1 aromatic heterocycles. The Labute approximate surface area is 122 Å². The summed E-state index contributed by atoms with van der Waals surface area (Å²) in [6, 6.07) is 5.49. The Morgan fingerprint density at radius 3 is 2.48 bits per heavy atom. The number of nitrogens with one attached hydrogen (secondary N) is 1. The highest BCUT2D eigenvalue weighted by Gasteiger charge is 2.17. The van der Waals surface area contributed by atoms with Crippen LogP contribution in [0.4, 0.5) is 13.2 Å². The van der Waals surface area contributed by atoms with Gasteiger partial charge in [0.15, 0.2) is 17.5 Å². The third-order valence-electron chi connectivity index (χ3n) is 3.21. The van der Waals surface area contributed by atoms with E-state index in [0.717, 1.165) is 24.1 Å². The number of benzene rings is 1. The van der Waals surface area contributed by atoms with Crippen molar-refractivity contribution in [3.63, 3.8) is 0 Å². The van der Waals surface area contributed by atoms with E-state index < -0.39 is 17.5 Å². The molecule has 0 saturated carbocycles. The molecule has 1 atom stereocenters. The van der Waals surface area contributed by atoms with Crippen molar-refractivity contribution in [1.82, 2.24) is 10.3 Å². The van der Waals surface area contributed by atoms with Crippen molar-refractivity contribution in [3.8, 4) is 0 Å². The monoisotopic (exact) mass is 294 g/mol. The second kappa shape index (κ2) is 7.22. The average molecular weight is 294 g/mol. The maximum atomic E-state index is 13.4. The Balaban J connectivity index is 2.27. The fraction of sp³-hybridized carbons (Fsp3) is 0.312. The minimum absolute atomic E-state index is 0.293. The maximum absolute atomic E-state index is 13.4. The maximum Gasteiger partial charge on any atom is 0.194 e. The van der Waals surface area contributed by atoms with Crippen molar-refractivity contribution in [2.45, 2.75) is 25.8 Å². The molecule has 1 N–H and O–H groups in total. The minimum atomic E-state index is -1.44. The van der Waals surface area contributed by atoms with Gasteiger partial charge in [-0.05, 0) is 48.7 Å². The molecule has 0 radical (unpaired) electrons. The number of rotatable bonds is 6. The van der Waals surface area contributed by atoms with Gasteiger partial charge in [0.05, 0.1) is 0 Å². The number of nitrogens with zero attached hydrogens (tertiary/aromatic N) is 1. The van der Waals surface area contributed by atoms with Crippen LogP contribution < -0.4 is 5.32 Å². The van der Waals surface area contributed by atoms with Crippen LogP contribution in [0.2, 0.25) is 0 Å². The summed E-state index contributed by atoms with van der Waals surface area (Å²) in [5, 5.41) is 3.22. The highest BCUT2D eigenvalue weighted by molar-refractivity contribution is 5.25. The SMILES string of the molecule is CCCNC(Cc1cccnc1)c1cc(F)c(F)c(F)c1. The van der Waals surface area contributed by atoms with Crippen molar-refractivity contribution >= 4 is 0 Å². The Bertz CT molecular complexity index is 564. The first-order chi connectivity index (χ1) is 10.1. The number of halogens is 3. The summed E-state index contributed by atoms with van der Waals surface area (Å²) in [4.78, 5) is 4.02. The van der Waals surface area contributed by atoms with Crippen LogP contribution in [0.3, 0.4) is 0 Å². The Kier molecular flexibility index (Phi) is 5.33. The lowest BCUT2D eigenvalue weighted by Gasteiger charge is -2.19. The lowest BCUT2D eigenvalue weighted by molar-refractivity contribution is 0.438. The van der Waals surface area contributed by atoms with Crippen LogP contribution in [0.15, 0.2) is 36.7 Å². The first kappa shape index (κ1) is 15.5. The fourth-order valence-corrected chi connectivity index (χ4v) is 2.16. The lowest BCUT2D eigenvalue weighted by atomic mass is 9.99. The molecule has 0 spiro atoms. The molecule has 1 unspecified atom stereocenters. The van der Waals surface area contributed by atoms with E-state index in [2.05, 4.69) is 10.3 Å². The molecule has 5 heteroatoms. The van der Waals surface area contributed by atoms with Crippen LogP contribution in [-0.2, 0) is 6.42 Å². The molecule has 112 valence electrons. The summed E-state index contributed by atoms with van der Waals surface area (Å²) in [6.07, 6.45) is 4.78. The van der Waals surface area contributed by atoms with E-state index in [1.54, 1.807) is 18.5 Å². The highest BCUT2D eigenvalue weighted by atomic mass is 19.2. The molecule has 1 aromatic carbocycles. The first-order valence-corrected chi connectivity index (χ1v) is 6.88. The lowest BCUT2D eigenvalue weighted by Crippen LogP contribution is -2.24. The Morgan fingerprint density at radius 1 is 1.19 bits per heavy atom. The molecule has 0 saturated heterocycles.